The summed E-state index contributed by atoms with van der Waals surface area (Å²) in [7, 11) is 0. The summed E-state index contributed by atoms with van der Waals surface area (Å²) in [6.07, 6.45) is 0. The Morgan fingerprint density at radius 3 is 2.62 bits per heavy atom. The second-order valence-corrected chi connectivity index (χ2v) is 4.39. The quantitative estimate of drug-likeness (QED) is 0.390. The van der Waals surface area contributed by atoms with E-state index >= 15 is 0 Å². The highest BCUT2D eigenvalue weighted by atomic mass is 19.1. The fourth-order valence-corrected chi connectivity index (χ4v) is 1.77. The molecule has 0 unspecified atom stereocenters. The molecular weight excluding hydrogens is 277 g/mol. The third-order valence-corrected chi connectivity index (χ3v) is 2.77. The highest BCUT2D eigenvalue weighted by molar-refractivity contribution is 5.97. The fourth-order valence-electron chi connectivity index (χ4n) is 1.77. The highest BCUT2D eigenvalue weighted by Crippen LogP contribution is 2.29. The first-order valence-electron chi connectivity index (χ1n) is 5.95. The van der Waals surface area contributed by atoms with Gasteiger partial charge in [0.25, 0.3) is 0 Å². The van der Waals surface area contributed by atoms with Crippen molar-refractivity contribution in [2.24, 2.45) is 5.73 Å². The van der Waals surface area contributed by atoms with Crippen molar-refractivity contribution in [3.8, 4) is 11.5 Å². The lowest BCUT2D eigenvalue weighted by Crippen LogP contribution is -2.12. The van der Waals surface area contributed by atoms with Crippen molar-refractivity contribution in [2.75, 3.05) is 0 Å². The monoisotopic (exact) mass is 289 g/mol. The zero-order valence-corrected chi connectivity index (χ0v) is 11.1. The van der Waals surface area contributed by atoms with Gasteiger partial charge in [-0.1, -0.05) is 11.6 Å². The van der Waals surface area contributed by atoms with Crippen LogP contribution in [0.1, 0.15) is 11.1 Å². The Bertz CT molecular complexity index is 731. The van der Waals surface area contributed by atoms with E-state index in [9.17, 15) is 14.5 Å². The maximum absolute atomic E-state index is 13.5. The number of hydrogen-bond acceptors (Lipinski definition) is 4. The number of hydrogen-bond donors (Lipinski definition) is 2. The molecule has 0 saturated heterocycles. The number of nitrogens with zero attached hydrogens (tertiary/aromatic N) is 1. The summed E-state index contributed by atoms with van der Waals surface area (Å²) in [5.74, 6) is -0.809. The van der Waals surface area contributed by atoms with Crippen LogP contribution in [0.4, 0.5) is 10.1 Å². The van der Waals surface area contributed by atoms with Gasteiger partial charge in [-0.15, -0.1) is 0 Å². The smallest absolute Gasteiger partial charge is 0.305 e. The molecule has 0 heterocycles. The van der Waals surface area contributed by atoms with Gasteiger partial charge >= 0.3 is 5.69 Å². The summed E-state index contributed by atoms with van der Waals surface area (Å²) >= 11 is 0. The number of nitrogens with one attached hydrogen (secondary N) is 1. The number of ether oxygens (including phenoxy) is 1. The molecule has 2 aromatic rings. The topological polar surface area (TPSA) is 102 Å². The zero-order valence-electron chi connectivity index (χ0n) is 11.1. The normalized spacial score (nSPS) is 10.2. The van der Waals surface area contributed by atoms with E-state index in [0.717, 1.165) is 17.7 Å². The first-order chi connectivity index (χ1) is 9.88. The SMILES string of the molecule is Cc1ccc(Oc2ccc([N+](=O)[O-])c(F)c2)c(C(=N)N)c1. The minimum Gasteiger partial charge on any atom is -0.456 e. The average molecular weight is 289 g/mol. The number of benzene rings is 2. The van der Waals surface area contributed by atoms with Crippen LogP contribution in [-0.4, -0.2) is 10.8 Å². The largest absolute Gasteiger partial charge is 0.456 e. The van der Waals surface area contributed by atoms with Gasteiger partial charge in [0.05, 0.1) is 10.5 Å². The molecule has 2 aromatic carbocycles. The Morgan fingerprint density at radius 1 is 1.33 bits per heavy atom. The van der Waals surface area contributed by atoms with E-state index in [-0.39, 0.29) is 17.3 Å². The van der Waals surface area contributed by atoms with E-state index in [0.29, 0.717) is 5.56 Å². The van der Waals surface area contributed by atoms with Crippen LogP contribution in [0.25, 0.3) is 0 Å². The maximum atomic E-state index is 13.5. The zero-order chi connectivity index (χ0) is 15.6. The molecule has 21 heavy (non-hydrogen) atoms. The fraction of sp³-hybridized carbons (Fsp3) is 0.0714. The molecule has 0 bridgehead atoms. The minimum absolute atomic E-state index is 0.0875. The van der Waals surface area contributed by atoms with Gasteiger partial charge in [-0.25, -0.2) is 0 Å². The molecule has 0 saturated carbocycles. The number of nitrogen functional groups attached to an aromatic ring is 1. The number of nitro benzene ring substituents is 1. The second-order valence-electron chi connectivity index (χ2n) is 4.39. The number of nitro groups is 1. The Labute approximate surface area is 119 Å². The molecule has 0 fully saturated rings. The van der Waals surface area contributed by atoms with Gasteiger partial charge in [-0.05, 0) is 25.1 Å². The van der Waals surface area contributed by atoms with Crippen LogP contribution in [-0.2, 0) is 0 Å². The van der Waals surface area contributed by atoms with Gasteiger partial charge in [-0.3, -0.25) is 15.5 Å². The van der Waals surface area contributed by atoms with Gasteiger partial charge in [0.2, 0.25) is 5.82 Å². The van der Waals surface area contributed by atoms with Crippen molar-refractivity contribution in [1.29, 1.82) is 5.41 Å². The number of nitrogens with two attached hydrogens (primary N) is 1. The van der Waals surface area contributed by atoms with Crippen LogP contribution >= 0.6 is 0 Å². The van der Waals surface area contributed by atoms with Gasteiger partial charge in [0, 0.05) is 12.1 Å². The Balaban J connectivity index is 2.37. The van der Waals surface area contributed by atoms with Gasteiger partial charge in [-0.2, -0.15) is 4.39 Å². The van der Waals surface area contributed by atoms with Crippen molar-refractivity contribution in [3.05, 3.63) is 63.5 Å². The van der Waals surface area contributed by atoms with Crippen LogP contribution in [0.2, 0.25) is 0 Å². The molecule has 0 aliphatic carbocycles. The number of rotatable bonds is 4. The summed E-state index contributed by atoms with van der Waals surface area (Å²) in [5, 5.41) is 18.1. The highest BCUT2D eigenvalue weighted by Gasteiger charge is 2.15. The van der Waals surface area contributed by atoms with Crippen LogP contribution in [0.15, 0.2) is 36.4 Å². The van der Waals surface area contributed by atoms with Crippen LogP contribution in [0.5, 0.6) is 11.5 Å². The van der Waals surface area contributed by atoms with E-state index in [1.54, 1.807) is 18.2 Å². The van der Waals surface area contributed by atoms with Crippen molar-refractivity contribution in [3.63, 3.8) is 0 Å². The molecule has 0 aliphatic heterocycles. The Kier molecular flexibility index (Phi) is 3.84. The van der Waals surface area contributed by atoms with E-state index in [1.807, 2.05) is 6.92 Å². The summed E-state index contributed by atoms with van der Waals surface area (Å²) in [6.45, 7) is 1.84. The predicted molar refractivity (Wildman–Crippen MR) is 75.3 cm³/mol. The molecule has 0 aromatic heterocycles. The minimum atomic E-state index is -0.992. The standard InChI is InChI=1S/C14H12FN3O3/c1-8-2-5-13(10(6-8)14(16)17)21-9-3-4-12(18(19)20)11(15)7-9/h2-7H,1H3,(H3,16,17). The van der Waals surface area contributed by atoms with Gasteiger partial charge in [0.1, 0.15) is 17.3 Å². The first kappa shape index (κ1) is 14.4. The average Bonchev–Trinajstić information content (AvgIpc) is 2.40. The van der Waals surface area contributed by atoms with Gasteiger partial charge in [0.15, 0.2) is 0 Å². The third-order valence-electron chi connectivity index (χ3n) is 2.77. The molecule has 0 radical (unpaired) electrons. The Morgan fingerprint density at radius 2 is 2.05 bits per heavy atom. The summed E-state index contributed by atoms with van der Waals surface area (Å²) in [6, 6.07) is 8.24. The molecule has 0 amide bonds. The summed E-state index contributed by atoms with van der Waals surface area (Å²) in [4.78, 5) is 9.74. The van der Waals surface area contributed by atoms with Crippen LogP contribution in [0, 0.1) is 28.3 Å². The number of amidine groups is 1. The summed E-state index contributed by atoms with van der Waals surface area (Å²) in [5.41, 5.74) is 6.10. The van der Waals surface area contributed by atoms with Crippen LogP contribution in [0.3, 0.4) is 0 Å². The molecule has 0 atom stereocenters. The maximum Gasteiger partial charge on any atom is 0.305 e. The lowest BCUT2D eigenvalue weighted by Gasteiger charge is -2.11. The lowest BCUT2D eigenvalue weighted by molar-refractivity contribution is -0.387. The number of aryl methyl sites for hydroxylation is 1. The van der Waals surface area contributed by atoms with Crippen molar-refractivity contribution >= 4 is 11.5 Å². The third kappa shape index (κ3) is 3.14. The predicted octanol–water partition coefficient (Wildman–Crippen LogP) is 3.12. The van der Waals surface area contributed by atoms with E-state index in [4.69, 9.17) is 15.9 Å². The molecular formula is C14H12FN3O3. The molecule has 3 N–H and O–H groups in total. The summed E-state index contributed by atoms with van der Waals surface area (Å²) < 4.78 is 19.0. The molecule has 0 aliphatic rings. The van der Waals surface area contributed by atoms with E-state index < -0.39 is 16.4 Å². The molecule has 108 valence electrons. The molecule has 2 rings (SSSR count). The van der Waals surface area contributed by atoms with Gasteiger partial charge < -0.3 is 10.5 Å². The number of halogens is 1. The van der Waals surface area contributed by atoms with Crippen LogP contribution < -0.4 is 10.5 Å². The van der Waals surface area contributed by atoms with Crippen molar-refractivity contribution < 1.29 is 14.1 Å². The molecule has 7 heteroatoms. The lowest BCUT2D eigenvalue weighted by atomic mass is 10.1. The van der Waals surface area contributed by atoms with E-state index in [1.165, 1.54) is 6.07 Å². The first-order valence-corrected chi connectivity index (χ1v) is 5.95. The van der Waals surface area contributed by atoms with Crippen molar-refractivity contribution in [1.82, 2.24) is 0 Å². The van der Waals surface area contributed by atoms with E-state index in [2.05, 4.69) is 0 Å². The second kappa shape index (κ2) is 5.58. The Hall–Kier alpha value is -2.96. The van der Waals surface area contributed by atoms with Crippen molar-refractivity contribution in [2.45, 2.75) is 6.92 Å². The molecule has 0 spiro atoms. The molecule has 6 nitrogen and oxygen atoms in total.